The van der Waals surface area contributed by atoms with E-state index in [9.17, 15) is 13.2 Å². The van der Waals surface area contributed by atoms with E-state index in [1.54, 1.807) is 24.3 Å². The van der Waals surface area contributed by atoms with Gasteiger partial charge in [0.2, 0.25) is 5.43 Å². The summed E-state index contributed by atoms with van der Waals surface area (Å²) in [6.45, 7) is 5.77. The Balaban J connectivity index is 2.46. The summed E-state index contributed by atoms with van der Waals surface area (Å²) in [4.78, 5) is 12.0. The first-order valence-electron chi connectivity index (χ1n) is 6.95. The first-order chi connectivity index (χ1) is 10.3. The Morgan fingerprint density at radius 3 is 2.23 bits per heavy atom. The number of benzene rings is 1. The minimum Gasteiger partial charge on any atom is -0.375 e. The molecule has 2 rings (SSSR count). The van der Waals surface area contributed by atoms with Crippen LogP contribution in [0.4, 0.5) is 0 Å². The van der Waals surface area contributed by atoms with Gasteiger partial charge in [-0.15, -0.1) is 0 Å². The van der Waals surface area contributed by atoms with Gasteiger partial charge in [-0.25, -0.2) is 0 Å². The zero-order chi connectivity index (χ0) is 16.3. The van der Waals surface area contributed by atoms with Gasteiger partial charge in [-0.2, -0.15) is 8.42 Å². The maximum Gasteiger partial charge on any atom is 0.339 e. The molecule has 0 amide bonds. The molecule has 2 aromatic carbocycles. The smallest absolute Gasteiger partial charge is 0.339 e. The maximum atomic E-state index is 12.3. The second-order valence-electron chi connectivity index (χ2n) is 5.40. The number of rotatable bonds is 4. The van der Waals surface area contributed by atoms with E-state index in [-0.39, 0.29) is 16.6 Å². The highest BCUT2D eigenvalue weighted by atomic mass is 32.2. The lowest BCUT2D eigenvalue weighted by atomic mass is 10.1. The second-order valence-corrected chi connectivity index (χ2v) is 6.95. The van der Waals surface area contributed by atoms with Crippen molar-refractivity contribution in [1.82, 2.24) is 0 Å². The molecule has 0 aliphatic carbocycles. The van der Waals surface area contributed by atoms with Crippen molar-refractivity contribution in [2.75, 3.05) is 0 Å². The summed E-state index contributed by atoms with van der Waals surface area (Å²) in [5.74, 6) is -0.0366. The van der Waals surface area contributed by atoms with Crippen LogP contribution >= 0.6 is 0 Å². The van der Waals surface area contributed by atoms with Crippen LogP contribution in [-0.4, -0.2) is 8.42 Å². The normalized spacial score (nSPS) is 11.5. The number of hydrogen-bond acceptors (Lipinski definition) is 4. The molecule has 116 valence electrons. The van der Waals surface area contributed by atoms with E-state index < -0.39 is 15.5 Å². The highest BCUT2D eigenvalue weighted by molar-refractivity contribution is 7.87. The van der Waals surface area contributed by atoms with E-state index in [1.165, 1.54) is 24.3 Å². The minimum absolute atomic E-state index is 0.0232. The molecule has 22 heavy (non-hydrogen) atoms. The summed E-state index contributed by atoms with van der Waals surface area (Å²) < 4.78 is 29.6. The molecule has 0 bridgehead atoms. The van der Waals surface area contributed by atoms with E-state index in [4.69, 9.17) is 4.18 Å². The van der Waals surface area contributed by atoms with Crippen LogP contribution in [0.2, 0.25) is 0 Å². The molecule has 0 aliphatic heterocycles. The lowest BCUT2D eigenvalue weighted by molar-refractivity contribution is 0.483. The summed E-state index contributed by atoms with van der Waals surface area (Å²) in [5.41, 5.74) is 1.30. The van der Waals surface area contributed by atoms with E-state index in [0.717, 1.165) is 11.1 Å². The summed E-state index contributed by atoms with van der Waals surface area (Å²) >= 11 is 0. The number of hydrogen-bond donors (Lipinski definition) is 0. The van der Waals surface area contributed by atoms with E-state index in [1.807, 2.05) is 20.8 Å². The fourth-order valence-electron chi connectivity index (χ4n) is 1.89. The Morgan fingerprint density at radius 1 is 1.00 bits per heavy atom. The molecule has 0 unspecified atom stereocenters. The van der Waals surface area contributed by atoms with Crippen LogP contribution in [0.15, 0.2) is 58.2 Å². The van der Waals surface area contributed by atoms with Crippen LogP contribution < -0.4 is 9.61 Å². The largest absolute Gasteiger partial charge is 0.375 e. The van der Waals surface area contributed by atoms with E-state index >= 15 is 0 Å². The van der Waals surface area contributed by atoms with Crippen LogP contribution in [0.3, 0.4) is 0 Å². The third-order valence-corrected chi connectivity index (χ3v) is 4.50. The third-order valence-electron chi connectivity index (χ3n) is 3.25. The Kier molecular flexibility index (Phi) is 4.66. The van der Waals surface area contributed by atoms with Gasteiger partial charge in [0.05, 0.1) is 0 Å². The summed E-state index contributed by atoms with van der Waals surface area (Å²) in [7, 11) is -4.03. The van der Waals surface area contributed by atoms with Crippen LogP contribution in [-0.2, 0) is 10.1 Å². The van der Waals surface area contributed by atoms with E-state index in [0.29, 0.717) is 0 Å². The molecule has 0 N–H and O–H groups in total. The Hall–Kier alpha value is -2.14. The molecule has 0 radical (unpaired) electrons. The van der Waals surface area contributed by atoms with Gasteiger partial charge in [0, 0.05) is 0 Å². The van der Waals surface area contributed by atoms with Crippen molar-refractivity contribution in [1.29, 1.82) is 0 Å². The minimum atomic E-state index is -4.03. The van der Waals surface area contributed by atoms with Crippen LogP contribution in [0.25, 0.3) is 0 Å². The van der Waals surface area contributed by atoms with Gasteiger partial charge in [-0.1, -0.05) is 43.7 Å². The SMILES string of the molecule is Cc1ccc(S(=O)(=O)Oc2cc(C(C)C)cccc2=O)cc1. The van der Waals surface area contributed by atoms with Crippen molar-refractivity contribution in [3.8, 4) is 5.75 Å². The van der Waals surface area contributed by atoms with Crippen molar-refractivity contribution < 1.29 is 12.6 Å². The van der Waals surface area contributed by atoms with Crippen molar-refractivity contribution in [3.63, 3.8) is 0 Å². The standard InChI is InChI=1S/C17H18O4S/c1-12(2)14-5-4-6-16(18)17(11-14)21-22(19,20)15-9-7-13(3)8-10-15/h4-12H,1-3H3. The zero-order valence-corrected chi connectivity index (χ0v) is 13.6. The van der Waals surface area contributed by atoms with Gasteiger partial charge in [-0.05, 0) is 42.7 Å². The van der Waals surface area contributed by atoms with Gasteiger partial charge < -0.3 is 4.18 Å². The van der Waals surface area contributed by atoms with Crippen molar-refractivity contribution in [3.05, 3.63) is 69.9 Å². The summed E-state index contributed by atoms with van der Waals surface area (Å²) in [6, 6.07) is 12.4. The van der Waals surface area contributed by atoms with Gasteiger partial charge >= 0.3 is 10.1 Å². The fraction of sp³-hybridized carbons (Fsp3) is 0.235. The van der Waals surface area contributed by atoms with E-state index in [2.05, 4.69) is 0 Å². The lowest BCUT2D eigenvalue weighted by Crippen LogP contribution is -2.14. The van der Waals surface area contributed by atoms with Gasteiger partial charge in [0.25, 0.3) is 0 Å². The van der Waals surface area contributed by atoms with Crippen LogP contribution in [0, 0.1) is 6.92 Å². The first kappa shape index (κ1) is 16.2. The average Bonchev–Trinajstić information content (AvgIpc) is 2.62. The summed E-state index contributed by atoms with van der Waals surface area (Å²) in [5, 5.41) is 0. The third kappa shape index (κ3) is 3.74. The topological polar surface area (TPSA) is 60.4 Å². The molecule has 0 fully saturated rings. The molecule has 0 aromatic heterocycles. The van der Waals surface area contributed by atoms with Gasteiger partial charge in [0.1, 0.15) is 4.90 Å². The molecule has 4 nitrogen and oxygen atoms in total. The lowest BCUT2D eigenvalue weighted by Gasteiger charge is -2.07. The Bertz CT molecular complexity index is 822. The summed E-state index contributed by atoms with van der Waals surface area (Å²) in [6.07, 6.45) is 0. The predicted octanol–water partition coefficient (Wildman–Crippen LogP) is 3.25. The molecule has 0 aliphatic rings. The molecule has 0 atom stereocenters. The highest BCUT2D eigenvalue weighted by Crippen LogP contribution is 2.20. The highest BCUT2D eigenvalue weighted by Gasteiger charge is 2.18. The van der Waals surface area contributed by atoms with Gasteiger partial charge in [-0.3, -0.25) is 4.79 Å². The van der Waals surface area contributed by atoms with Crippen molar-refractivity contribution >= 4 is 10.1 Å². The molecule has 2 aromatic rings. The Labute approximate surface area is 130 Å². The molecule has 0 heterocycles. The monoisotopic (exact) mass is 318 g/mol. The number of aryl methyl sites for hydroxylation is 1. The second kappa shape index (κ2) is 6.32. The molecule has 0 spiro atoms. The molecular weight excluding hydrogens is 300 g/mol. The van der Waals surface area contributed by atoms with Crippen molar-refractivity contribution in [2.24, 2.45) is 0 Å². The molecular formula is C17H18O4S. The van der Waals surface area contributed by atoms with Gasteiger partial charge in [0.15, 0.2) is 5.75 Å². The molecule has 0 saturated carbocycles. The molecule has 0 saturated heterocycles. The average molecular weight is 318 g/mol. The van der Waals surface area contributed by atoms with Crippen LogP contribution in [0.1, 0.15) is 30.9 Å². The predicted molar refractivity (Wildman–Crippen MR) is 85.8 cm³/mol. The van der Waals surface area contributed by atoms with Crippen molar-refractivity contribution in [2.45, 2.75) is 31.6 Å². The maximum absolute atomic E-state index is 12.3. The quantitative estimate of drug-likeness (QED) is 0.812. The fourth-order valence-corrected chi connectivity index (χ4v) is 2.83. The Morgan fingerprint density at radius 2 is 1.64 bits per heavy atom. The molecule has 5 heteroatoms. The zero-order valence-electron chi connectivity index (χ0n) is 12.7. The first-order valence-corrected chi connectivity index (χ1v) is 8.36. The van der Waals surface area contributed by atoms with Crippen LogP contribution in [0.5, 0.6) is 5.75 Å².